The van der Waals surface area contributed by atoms with Gasteiger partial charge in [0, 0.05) is 6.20 Å². The SMILES string of the molecule is CC(C)(F)c1cnc(C2(O)CC2)s1. The largest absolute Gasteiger partial charge is 0.383 e. The average molecular weight is 201 g/mol. The van der Waals surface area contributed by atoms with Crippen LogP contribution < -0.4 is 0 Å². The van der Waals surface area contributed by atoms with Crippen LogP contribution in [0.15, 0.2) is 6.20 Å². The lowest BCUT2D eigenvalue weighted by molar-refractivity contribution is 0.151. The third kappa shape index (κ3) is 1.60. The third-order valence-electron chi connectivity index (χ3n) is 2.21. The molecule has 13 heavy (non-hydrogen) atoms. The summed E-state index contributed by atoms with van der Waals surface area (Å²) in [7, 11) is 0. The van der Waals surface area contributed by atoms with Crippen LogP contribution in [0.25, 0.3) is 0 Å². The number of rotatable bonds is 2. The fourth-order valence-electron chi connectivity index (χ4n) is 1.10. The second-order valence-electron chi connectivity index (χ2n) is 4.03. The first-order valence-corrected chi connectivity index (χ1v) is 5.11. The fraction of sp³-hybridized carbons (Fsp3) is 0.667. The van der Waals surface area contributed by atoms with Gasteiger partial charge < -0.3 is 5.11 Å². The summed E-state index contributed by atoms with van der Waals surface area (Å²) in [5.74, 6) is 0. The van der Waals surface area contributed by atoms with Crippen LogP contribution in [0.1, 0.15) is 36.6 Å². The number of nitrogens with zero attached hydrogens (tertiary/aromatic N) is 1. The van der Waals surface area contributed by atoms with Crippen molar-refractivity contribution in [2.24, 2.45) is 0 Å². The minimum absolute atomic E-state index is 0.586. The first-order valence-electron chi connectivity index (χ1n) is 4.30. The molecule has 0 spiro atoms. The minimum Gasteiger partial charge on any atom is -0.383 e. The zero-order chi connectivity index (χ0) is 9.69. The van der Waals surface area contributed by atoms with Crippen LogP contribution in [-0.2, 0) is 11.3 Å². The van der Waals surface area contributed by atoms with Crippen molar-refractivity contribution in [3.05, 3.63) is 16.1 Å². The molecular formula is C9H12FNOS. The molecule has 1 aliphatic rings. The Morgan fingerprint density at radius 1 is 1.62 bits per heavy atom. The third-order valence-corrected chi connectivity index (χ3v) is 3.70. The van der Waals surface area contributed by atoms with Crippen molar-refractivity contribution in [3.8, 4) is 0 Å². The molecular weight excluding hydrogens is 189 g/mol. The van der Waals surface area contributed by atoms with E-state index in [4.69, 9.17) is 0 Å². The number of aromatic nitrogens is 1. The summed E-state index contributed by atoms with van der Waals surface area (Å²) in [5, 5.41) is 10.4. The van der Waals surface area contributed by atoms with Crippen LogP contribution in [0.2, 0.25) is 0 Å². The lowest BCUT2D eigenvalue weighted by Crippen LogP contribution is -2.05. The summed E-state index contributed by atoms with van der Waals surface area (Å²) in [5.41, 5.74) is -2.07. The highest BCUT2D eigenvalue weighted by Crippen LogP contribution is 2.47. The average Bonchev–Trinajstić information content (AvgIpc) is 2.60. The molecule has 1 fully saturated rings. The number of thiazole rings is 1. The normalized spacial score (nSPS) is 20.3. The predicted molar refractivity (Wildman–Crippen MR) is 49.4 cm³/mol. The highest BCUT2D eigenvalue weighted by Gasteiger charge is 2.45. The van der Waals surface area contributed by atoms with Crippen LogP contribution >= 0.6 is 11.3 Å². The van der Waals surface area contributed by atoms with Crippen molar-refractivity contribution < 1.29 is 9.50 Å². The van der Waals surface area contributed by atoms with E-state index in [-0.39, 0.29) is 0 Å². The maximum Gasteiger partial charge on any atom is 0.141 e. The first kappa shape index (κ1) is 9.09. The Kier molecular flexibility index (Phi) is 1.76. The summed E-state index contributed by atoms with van der Waals surface area (Å²) in [6, 6.07) is 0. The molecule has 1 N–H and O–H groups in total. The number of hydrogen-bond donors (Lipinski definition) is 1. The van der Waals surface area contributed by atoms with E-state index in [1.165, 1.54) is 31.4 Å². The molecule has 1 saturated carbocycles. The van der Waals surface area contributed by atoms with E-state index in [1.807, 2.05) is 0 Å². The van der Waals surface area contributed by atoms with Gasteiger partial charge in [-0.2, -0.15) is 0 Å². The van der Waals surface area contributed by atoms with Crippen molar-refractivity contribution in [3.63, 3.8) is 0 Å². The number of hydrogen-bond acceptors (Lipinski definition) is 3. The summed E-state index contributed by atoms with van der Waals surface area (Å²) >= 11 is 1.27. The van der Waals surface area contributed by atoms with Gasteiger partial charge in [-0.15, -0.1) is 11.3 Å². The zero-order valence-corrected chi connectivity index (χ0v) is 8.49. The highest BCUT2D eigenvalue weighted by atomic mass is 32.1. The Hall–Kier alpha value is -0.480. The van der Waals surface area contributed by atoms with Crippen molar-refractivity contribution in [2.45, 2.75) is 38.0 Å². The summed E-state index contributed by atoms with van der Waals surface area (Å²) in [6.07, 6.45) is 3.04. The van der Waals surface area contributed by atoms with Crippen LogP contribution in [0.4, 0.5) is 4.39 Å². The van der Waals surface area contributed by atoms with Gasteiger partial charge in [0.15, 0.2) is 0 Å². The van der Waals surface area contributed by atoms with E-state index < -0.39 is 11.3 Å². The van der Waals surface area contributed by atoms with Gasteiger partial charge in [-0.25, -0.2) is 9.37 Å². The Labute approximate surface area is 80.4 Å². The predicted octanol–water partition coefficient (Wildman–Crippen LogP) is 2.33. The Morgan fingerprint density at radius 3 is 2.62 bits per heavy atom. The van der Waals surface area contributed by atoms with Gasteiger partial charge in [0.05, 0.1) is 4.88 Å². The molecule has 0 aromatic carbocycles. The molecule has 0 radical (unpaired) electrons. The molecule has 1 heterocycles. The quantitative estimate of drug-likeness (QED) is 0.796. The van der Waals surface area contributed by atoms with E-state index in [0.29, 0.717) is 9.88 Å². The van der Waals surface area contributed by atoms with Crippen LogP contribution in [-0.4, -0.2) is 10.1 Å². The molecule has 2 nitrogen and oxygen atoms in total. The van der Waals surface area contributed by atoms with Gasteiger partial charge in [0.1, 0.15) is 16.3 Å². The Bertz CT molecular complexity index is 305. The summed E-state index contributed by atoms with van der Waals surface area (Å²) in [6.45, 7) is 3.00. The Morgan fingerprint density at radius 2 is 2.23 bits per heavy atom. The van der Waals surface area contributed by atoms with E-state index in [1.54, 1.807) is 0 Å². The monoisotopic (exact) mass is 201 g/mol. The van der Waals surface area contributed by atoms with E-state index in [2.05, 4.69) is 4.98 Å². The zero-order valence-electron chi connectivity index (χ0n) is 7.67. The molecule has 4 heteroatoms. The van der Waals surface area contributed by atoms with E-state index in [9.17, 15) is 9.50 Å². The highest BCUT2D eigenvalue weighted by molar-refractivity contribution is 7.11. The van der Waals surface area contributed by atoms with Crippen LogP contribution in [0, 0.1) is 0 Å². The van der Waals surface area contributed by atoms with Gasteiger partial charge in [0.2, 0.25) is 0 Å². The molecule has 1 aromatic heterocycles. The second kappa shape index (κ2) is 2.51. The molecule has 0 bridgehead atoms. The lowest BCUT2D eigenvalue weighted by atomic mass is 10.1. The number of alkyl halides is 1. The Balaban J connectivity index is 2.29. The van der Waals surface area contributed by atoms with Gasteiger partial charge in [-0.3, -0.25) is 0 Å². The molecule has 0 amide bonds. The molecule has 0 unspecified atom stereocenters. The van der Waals surface area contributed by atoms with Crippen molar-refractivity contribution in [1.29, 1.82) is 0 Å². The van der Waals surface area contributed by atoms with Gasteiger partial charge in [-0.05, 0) is 26.7 Å². The molecule has 0 atom stereocenters. The molecule has 1 aromatic rings. The second-order valence-corrected chi connectivity index (χ2v) is 5.06. The smallest absolute Gasteiger partial charge is 0.141 e. The molecule has 2 rings (SSSR count). The molecule has 0 saturated heterocycles. The van der Waals surface area contributed by atoms with Crippen molar-refractivity contribution in [1.82, 2.24) is 4.98 Å². The first-order chi connectivity index (χ1) is 5.92. The molecule has 1 aliphatic carbocycles. The van der Waals surface area contributed by atoms with E-state index in [0.717, 1.165) is 12.8 Å². The standard InChI is InChI=1S/C9H12FNOS/c1-8(2,10)6-5-11-7(13-6)9(12)3-4-9/h5,12H,3-4H2,1-2H3. The van der Waals surface area contributed by atoms with Gasteiger partial charge in [0.25, 0.3) is 0 Å². The van der Waals surface area contributed by atoms with Gasteiger partial charge >= 0.3 is 0 Å². The van der Waals surface area contributed by atoms with Crippen molar-refractivity contribution >= 4 is 11.3 Å². The van der Waals surface area contributed by atoms with Crippen molar-refractivity contribution in [2.75, 3.05) is 0 Å². The lowest BCUT2D eigenvalue weighted by Gasteiger charge is -2.09. The fourth-order valence-corrected chi connectivity index (χ4v) is 2.15. The van der Waals surface area contributed by atoms with Crippen LogP contribution in [0.5, 0.6) is 0 Å². The number of aliphatic hydroxyl groups is 1. The molecule has 72 valence electrons. The maximum atomic E-state index is 13.4. The molecule has 0 aliphatic heterocycles. The summed E-state index contributed by atoms with van der Waals surface area (Å²) in [4.78, 5) is 4.63. The van der Waals surface area contributed by atoms with Gasteiger partial charge in [-0.1, -0.05) is 0 Å². The van der Waals surface area contributed by atoms with E-state index >= 15 is 0 Å². The minimum atomic E-state index is -1.35. The number of halogens is 1. The summed E-state index contributed by atoms with van der Waals surface area (Å²) < 4.78 is 13.4. The topological polar surface area (TPSA) is 33.1 Å². The maximum absolute atomic E-state index is 13.4. The van der Waals surface area contributed by atoms with Crippen LogP contribution in [0.3, 0.4) is 0 Å².